The second-order valence-electron chi connectivity index (χ2n) is 8.66. The molecule has 2 aliphatic heterocycles. The third-order valence-corrected chi connectivity index (χ3v) is 6.71. The Labute approximate surface area is 206 Å². The Morgan fingerprint density at radius 2 is 2.12 bits per heavy atom. The molecule has 2 aromatic carbocycles. The fraction of sp³-hybridized carbons (Fsp3) is 0.375. The minimum Gasteiger partial charge on any atom is -0.481 e. The predicted molar refractivity (Wildman–Crippen MR) is 137 cm³/mol. The molecule has 1 unspecified atom stereocenters. The molecule has 0 aliphatic carbocycles. The van der Waals surface area contributed by atoms with Crippen LogP contribution in [-0.4, -0.2) is 42.2 Å². The second-order valence-corrected chi connectivity index (χ2v) is 9.91. The van der Waals surface area contributed by atoms with Gasteiger partial charge in [-0.1, -0.05) is 0 Å². The van der Waals surface area contributed by atoms with Gasteiger partial charge in [0.1, 0.15) is 17.4 Å². The molecule has 2 aliphatic rings. The van der Waals surface area contributed by atoms with Gasteiger partial charge in [0.25, 0.3) is 5.91 Å². The largest absolute Gasteiger partial charge is 0.481 e. The smallest absolute Gasteiger partial charge is 0.265 e. The molecule has 2 atom stereocenters. The first-order valence-electron chi connectivity index (χ1n) is 11.0. The molecule has 172 valence electrons. The van der Waals surface area contributed by atoms with Crippen LogP contribution in [0.4, 0.5) is 17.2 Å². The van der Waals surface area contributed by atoms with Gasteiger partial charge in [-0.3, -0.25) is 4.79 Å². The number of carbonyl (C=O) groups is 1. The van der Waals surface area contributed by atoms with Crippen molar-refractivity contribution in [3.05, 3.63) is 45.3 Å². The van der Waals surface area contributed by atoms with Crippen LogP contribution in [-0.2, 0) is 9.53 Å². The van der Waals surface area contributed by atoms with Crippen molar-refractivity contribution in [2.45, 2.75) is 26.3 Å². The maximum absolute atomic E-state index is 12.7. The summed E-state index contributed by atoms with van der Waals surface area (Å²) in [6.45, 7) is 6.02. The molecule has 33 heavy (non-hydrogen) atoms. The van der Waals surface area contributed by atoms with Crippen LogP contribution >= 0.6 is 22.6 Å². The molecule has 8 nitrogen and oxygen atoms in total. The molecule has 0 spiro atoms. The summed E-state index contributed by atoms with van der Waals surface area (Å²) in [5, 5.41) is 4.37. The van der Waals surface area contributed by atoms with Crippen LogP contribution in [0.25, 0.3) is 10.9 Å². The van der Waals surface area contributed by atoms with E-state index in [9.17, 15) is 4.79 Å². The maximum atomic E-state index is 12.7. The van der Waals surface area contributed by atoms with Crippen molar-refractivity contribution in [1.82, 2.24) is 9.97 Å². The number of amides is 1. The molecule has 3 N–H and O–H groups in total. The van der Waals surface area contributed by atoms with Crippen molar-refractivity contribution >= 4 is 56.6 Å². The third-order valence-electron chi connectivity index (χ3n) is 6.09. The Bertz CT molecular complexity index is 1210. The molecule has 1 aromatic heterocycles. The van der Waals surface area contributed by atoms with Gasteiger partial charge >= 0.3 is 0 Å². The van der Waals surface area contributed by atoms with Crippen LogP contribution < -0.4 is 20.7 Å². The molecule has 0 saturated carbocycles. The number of ether oxygens (including phenoxy) is 2. The number of rotatable bonds is 5. The summed E-state index contributed by atoms with van der Waals surface area (Å²) < 4.78 is 12.4. The fourth-order valence-electron chi connectivity index (χ4n) is 4.41. The van der Waals surface area contributed by atoms with Crippen molar-refractivity contribution < 1.29 is 14.3 Å². The summed E-state index contributed by atoms with van der Waals surface area (Å²) in [4.78, 5) is 23.9. The summed E-state index contributed by atoms with van der Waals surface area (Å²) in [6.07, 6.45) is 0.958. The highest BCUT2D eigenvalue weighted by Crippen LogP contribution is 2.39. The zero-order valence-electron chi connectivity index (χ0n) is 18.6. The first-order chi connectivity index (χ1) is 15.9. The molecule has 0 radical (unpaired) electrons. The number of benzene rings is 2. The zero-order chi connectivity index (χ0) is 23.1. The summed E-state index contributed by atoms with van der Waals surface area (Å²) in [7, 11) is 0. The molecule has 0 bridgehead atoms. The number of halogens is 1. The summed E-state index contributed by atoms with van der Waals surface area (Å²) in [6, 6.07) is 9.85. The van der Waals surface area contributed by atoms with E-state index in [4.69, 9.17) is 15.2 Å². The number of aryl methyl sites for hydroxylation is 1. The molecule has 1 saturated heterocycles. The number of nitrogens with two attached hydrogens (primary N) is 1. The predicted octanol–water partition coefficient (Wildman–Crippen LogP) is 4.06. The topological polar surface area (TPSA) is 103 Å². The number of hydrogen-bond acceptors (Lipinski definition) is 7. The van der Waals surface area contributed by atoms with Gasteiger partial charge in [-0.2, -0.15) is 0 Å². The monoisotopic (exact) mass is 559 g/mol. The van der Waals surface area contributed by atoms with E-state index in [0.717, 1.165) is 44.4 Å². The van der Waals surface area contributed by atoms with E-state index in [1.807, 2.05) is 36.1 Å². The summed E-state index contributed by atoms with van der Waals surface area (Å²) >= 11 is 2.27. The minimum absolute atomic E-state index is 0.0276. The van der Waals surface area contributed by atoms with Gasteiger partial charge in [0.05, 0.1) is 23.9 Å². The van der Waals surface area contributed by atoms with Crippen molar-refractivity contribution in [1.29, 1.82) is 0 Å². The number of hydrogen-bond donors (Lipinski definition) is 2. The first-order valence-corrected chi connectivity index (χ1v) is 12.1. The summed E-state index contributed by atoms with van der Waals surface area (Å²) in [5.74, 6) is 2.33. The van der Waals surface area contributed by atoms with E-state index in [0.29, 0.717) is 36.5 Å². The van der Waals surface area contributed by atoms with Gasteiger partial charge in [0, 0.05) is 39.8 Å². The van der Waals surface area contributed by atoms with Crippen LogP contribution in [0.1, 0.15) is 30.8 Å². The van der Waals surface area contributed by atoms with E-state index >= 15 is 0 Å². The molecular formula is C24H26IN5O3. The van der Waals surface area contributed by atoms with Crippen LogP contribution in [0, 0.1) is 16.4 Å². The molecular weight excluding hydrogens is 533 g/mol. The van der Waals surface area contributed by atoms with Crippen LogP contribution in [0.3, 0.4) is 0 Å². The van der Waals surface area contributed by atoms with Gasteiger partial charge in [-0.05, 0) is 72.7 Å². The van der Waals surface area contributed by atoms with E-state index in [2.05, 4.69) is 50.9 Å². The first kappa shape index (κ1) is 22.1. The lowest BCUT2D eigenvalue weighted by molar-refractivity contribution is -0.121. The van der Waals surface area contributed by atoms with Gasteiger partial charge in [-0.15, -0.1) is 0 Å². The Kier molecular flexibility index (Phi) is 6.00. The number of aromatic nitrogens is 2. The number of anilines is 3. The number of nitrogens with zero attached hydrogens (tertiary/aromatic N) is 3. The standard InChI is InChI=1S/C24H26IN5O3/c1-13(16-5-17(25)7-18(26)6-16)27-24-19-8-21-22(9-20(19)28-14(2)29-24)33-12-23(31)30(21)10-15-3-4-32-11-15/h5-9,13,15H,3-4,10-12,26H2,1-2H3,(H,27,28,29)/t13-,15?/m1/s1. The van der Waals surface area contributed by atoms with E-state index in [1.54, 1.807) is 0 Å². The lowest BCUT2D eigenvalue weighted by atomic mass is 10.1. The third kappa shape index (κ3) is 4.56. The Balaban J connectivity index is 1.54. The number of nitrogens with one attached hydrogen (secondary N) is 1. The van der Waals surface area contributed by atoms with Crippen molar-refractivity contribution in [3.8, 4) is 5.75 Å². The van der Waals surface area contributed by atoms with Crippen LogP contribution in [0.15, 0.2) is 30.3 Å². The zero-order valence-corrected chi connectivity index (χ0v) is 20.8. The fourth-order valence-corrected chi connectivity index (χ4v) is 5.13. The minimum atomic E-state index is -0.0426. The molecule has 5 rings (SSSR count). The van der Waals surface area contributed by atoms with E-state index in [-0.39, 0.29) is 18.6 Å². The molecule has 9 heteroatoms. The normalized spacial score (nSPS) is 18.8. The van der Waals surface area contributed by atoms with Crippen molar-refractivity contribution in [2.24, 2.45) is 5.92 Å². The van der Waals surface area contributed by atoms with Crippen LogP contribution in [0.2, 0.25) is 0 Å². The maximum Gasteiger partial charge on any atom is 0.265 e. The van der Waals surface area contributed by atoms with E-state index in [1.165, 1.54) is 0 Å². The van der Waals surface area contributed by atoms with Gasteiger partial charge in [-0.25, -0.2) is 9.97 Å². The lowest BCUT2D eigenvalue weighted by Crippen LogP contribution is -2.41. The molecule has 1 fully saturated rings. The average molecular weight is 559 g/mol. The van der Waals surface area contributed by atoms with Gasteiger partial charge in [0.15, 0.2) is 6.61 Å². The van der Waals surface area contributed by atoms with Gasteiger partial charge < -0.3 is 25.4 Å². The summed E-state index contributed by atoms with van der Waals surface area (Å²) in [5.41, 5.74) is 9.39. The highest BCUT2D eigenvalue weighted by atomic mass is 127. The second kappa shape index (κ2) is 8.94. The Hall–Kier alpha value is -2.66. The van der Waals surface area contributed by atoms with Crippen LogP contribution in [0.5, 0.6) is 5.75 Å². The Morgan fingerprint density at radius 3 is 2.88 bits per heavy atom. The molecule has 3 heterocycles. The average Bonchev–Trinajstić information content (AvgIpc) is 3.27. The van der Waals surface area contributed by atoms with Gasteiger partial charge in [0.2, 0.25) is 0 Å². The molecule has 1 amide bonds. The number of nitrogen functional groups attached to an aromatic ring is 1. The SMILES string of the molecule is Cc1nc(N[C@H](C)c2cc(N)cc(I)c2)c2cc3c(cc2n1)OCC(=O)N3CC1CCOC1. The number of fused-ring (bicyclic) bond motifs is 2. The van der Waals surface area contributed by atoms with E-state index < -0.39 is 0 Å². The quantitative estimate of drug-likeness (QED) is 0.359. The van der Waals surface area contributed by atoms with Crippen molar-refractivity contribution in [3.63, 3.8) is 0 Å². The van der Waals surface area contributed by atoms with Crippen molar-refractivity contribution in [2.75, 3.05) is 42.3 Å². The lowest BCUT2D eigenvalue weighted by Gasteiger charge is -2.31. The Morgan fingerprint density at radius 1 is 1.27 bits per heavy atom. The number of carbonyl (C=O) groups excluding carboxylic acids is 1. The molecule has 3 aromatic rings. The highest BCUT2D eigenvalue weighted by molar-refractivity contribution is 14.1. The highest BCUT2D eigenvalue weighted by Gasteiger charge is 2.30.